The van der Waals surface area contributed by atoms with E-state index >= 15 is 0 Å². The Kier molecular flexibility index (Phi) is 6.25. The molecule has 1 aliphatic carbocycles. The molecule has 0 radical (unpaired) electrons. The molecule has 36 heavy (non-hydrogen) atoms. The molecule has 3 aromatic carbocycles. The van der Waals surface area contributed by atoms with Gasteiger partial charge in [-0.25, -0.2) is 9.59 Å². The number of hydrogen-bond acceptors (Lipinski definition) is 6. The zero-order valence-corrected chi connectivity index (χ0v) is 19.6. The molecule has 0 saturated heterocycles. The highest BCUT2D eigenvalue weighted by Gasteiger charge is 2.40. The summed E-state index contributed by atoms with van der Waals surface area (Å²) < 4.78 is 5.52. The second kappa shape index (κ2) is 9.65. The number of hydroxylamine groups is 2. The molecule has 0 saturated carbocycles. The van der Waals surface area contributed by atoms with Gasteiger partial charge in [0.25, 0.3) is 11.8 Å². The molecule has 1 aliphatic heterocycles. The number of nitrogens with one attached hydrogen (secondary N) is 1. The van der Waals surface area contributed by atoms with Crippen LogP contribution in [0.4, 0.5) is 4.79 Å². The first kappa shape index (κ1) is 23.3. The average molecular weight is 485 g/mol. The number of imide groups is 1. The van der Waals surface area contributed by atoms with Crippen molar-refractivity contribution in [2.45, 2.75) is 31.7 Å². The second-order valence-electron chi connectivity index (χ2n) is 8.67. The van der Waals surface area contributed by atoms with Gasteiger partial charge in [0.2, 0.25) is 0 Å². The molecule has 1 heterocycles. The van der Waals surface area contributed by atoms with Gasteiger partial charge in [-0.05, 0) is 40.8 Å². The molecule has 3 aromatic rings. The molecule has 8 heteroatoms. The van der Waals surface area contributed by atoms with Crippen molar-refractivity contribution in [1.29, 1.82) is 0 Å². The number of fused-ring (bicyclic) bond motifs is 4. The Morgan fingerprint density at radius 1 is 0.833 bits per heavy atom. The van der Waals surface area contributed by atoms with Crippen molar-refractivity contribution in [2.24, 2.45) is 0 Å². The summed E-state index contributed by atoms with van der Waals surface area (Å²) in [5, 5.41) is 2.97. The van der Waals surface area contributed by atoms with E-state index in [0.29, 0.717) is 11.5 Å². The fourth-order valence-corrected chi connectivity index (χ4v) is 4.72. The van der Waals surface area contributed by atoms with E-state index in [9.17, 15) is 19.2 Å². The van der Waals surface area contributed by atoms with Gasteiger partial charge in [0.15, 0.2) is 0 Å². The van der Waals surface area contributed by atoms with E-state index in [1.54, 1.807) is 12.1 Å². The van der Waals surface area contributed by atoms with E-state index in [0.717, 1.165) is 22.3 Å². The average Bonchev–Trinajstić information content (AvgIpc) is 3.34. The van der Waals surface area contributed by atoms with Crippen molar-refractivity contribution in [3.8, 4) is 11.1 Å². The monoisotopic (exact) mass is 484 g/mol. The van der Waals surface area contributed by atoms with Crippen molar-refractivity contribution in [3.05, 3.63) is 95.1 Å². The summed E-state index contributed by atoms with van der Waals surface area (Å²) in [5.74, 6) is -2.49. The van der Waals surface area contributed by atoms with Gasteiger partial charge in [-0.15, -0.1) is 0 Å². The number of carbonyl (C=O) groups excluding carboxylic acids is 4. The molecule has 1 N–H and O–H groups in total. The molecule has 182 valence electrons. The number of nitrogens with zero attached hydrogens (tertiary/aromatic N) is 1. The normalized spacial score (nSPS) is 14.6. The minimum Gasteiger partial charge on any atom is -0.449 e. The third-order valence-electron chi connectivity index (χ3n) is 6.44. The number of hydrogen-bond donors (Lipinski definition) is 1. The van der Waals surface area contributed by atoms with Crippen LogP contribution in [0.2, 0.25) is 0 Å². The van der Waals surface area contributed by atoms with Crippen molar-refractivity contribution in [2.75, 3.05) is 6.61 Å². The predicted molar refractivity (Wildman–Crippen MR) is 130 cm³/mol. The molecular weight excluding hydrogens is 460 g/mol. The highest BCUT2D eigenvalue weighted by Crippen LogP contribution is 2.44. The zero-order valence-electron chi connectivity index (χ0n) is 19.6. The van der Waals surface area contributed by atoms with E-state index in [2.05, 4.69) is 5.32 Å². The van der Waals surface area contributed by atoms with Gasteiger partial charge in [0.1, 0.15) is 12.6 Å². The van der Waals surface area contributed by atoms with Gasteiger partial charge >= 0.3 is 12.1 Å². The van der Waals surface area contributed by atoms with Gasteiger partial charge in [-0.2, -0.15) is 0 Å². The molecular formula is C28H24N2O6. The van der Waals surface area contributed by atoms with E-state index in [-0.39, 0.29) is 30.1 Å². The minimum absolute atomic E-state index is 0.0894. The number of alkyl carbamates (subject to hydrolysis) is 1. The first-order valence-electron chi connectivity index (χ1n) is 11.8. The molecule has 1 atom stereocenters. The Hall–Kier alpha value is -4.46. The van der Waals surface area contributed by atoms with Crippen LogP contribution in [0.1, 0.15) is 57.5 Å². The molecule has 5 rings (SSSR count). The highest BCUT2D eigenvalue weighted by molar-refractivity contribution is 6.20. The Morgan fingerprint density at radius 2 is 1.33 bits per heavy atom. The van der Waals surface area contributed by atoms with Gasteiger partial charge in [0.05, 0.1) is 11.1 Å². The fourth-order valence-electron chi connectivity index (χ4n) is 4.72. The fraction of sp³-hybridized carbons (Fsp3) is 0.214. The Morgan fingerprint density at radius 3 is 1.86 bits per heavy atom. The lowest BCUT2D eigenvalue weighted by atomic mass is 9.98. The molecule has 3 amide bonds. The van der Waals surface area contributed by atoms with E-state index < -0.39 is 29.9 Å². The summed E-state index contributed by atoms with van der Waals surface area (Å²) in [6, 6.07) is 21.1. The number of ether oxygens (including phenoxy) is 1. The maximum Gasteiger partial charge on any atom is 0.407 e. The quantitative estimate of drug-likeness (QED) is 0.497. The lowest BCUT2D eigenvalue weighted by Gasteiger charge is -2.20. The van der Waals surface area contributed by atoms with Crippen LogP contribution in [0.15, 0.2) is 72.8 Å². The maximum atomic E-state index is 12.8. The van der Waals surface area contributed by atoms with Crippen molar-refractivity contribution < 1.29 is 28.8 Å². The molecule has 0 aromatic heterocycles. The number of amides is 3. The molecule has 0 spiro atoms. The van der Waals surface area contributed by atoms with Gasteiger partial charge in [0, 0.05) is 5.92 Å². The van der Waals surface area contributed by atoms with Crippen molar-refractivity contribution >= 4 is 23.9 Å². The maximum absolute atomic E-state index is 12.8. The predicted octanol–water partition coefficient (Wildman–Crippen LogP) is 4.45. The first-order valence-corrected chi connectivity index (χ1v) is 11.8. The highest BCUT2D eigenvalue weighted by atomic mass is 16.7. The second-order valence-corrected chi connectivity index (χ2v) is 8.67. The Bertz CT molecular complexity index is 1290. The van der Waals surface area contributed by atoms with E-state index in [1.807, 2.05) is 55.5 Å². The summed E-state index contributed by atoms with van der Waals surface area (Å²) in [4.78, 5) is 55.6. The van der Waals surface area contributed by atoms with Gasteiger partial charge < -0.3 is 14.9 Å². The summed E-state index contributed by atoms with van der Waals surface area (Å²) in [5.41, 5.74) is 4.67. The Labute approximate surface area is 207 Å². The summed E-state index contributed by atoms with van der Waals surface area (Å²) in [6.45, 7) is 1.92. The molecule has 0 fully saturated rings. The van der Waals surface area contributed by atoms with Crippen LogP contribution in [0.25, 0.3) is 11.1 Å². The third kappa shape index (κ3) is 4.11. The van der Waals surface area contributed by atoms with Crippen molar-refractivity contribution in [3.63, 3.8) is 0 Å². The zero-order chi connectivity index (χ0) is 25.2. The molecule has 2 aliphatic rings. The topological polar surface area (TPSA) is 102 Å². The third-order valence-corrected chi connectivity index (χ3v) is 6.44. The number of carbonyl (C=O) groups is 4. The first-order chi connectivity index (χ1) is 17.5. The van der Waals surface area contributed by atoms with Crippen molar-refractivity contribution in [1.82, 2.24) is 10.4 Å². The van der Waals surface area contributed by atoms with Crippen LogP contribution in [0, 0.1) is 0 Å². The largest absolute Gasteiger partial charge is 0.449 e. The number of rotatable bonds is 7. The number of benzene rings is 3. The van der Waals surface area contributed by atoms with E-state index in [4.69, 9.17) is 9.57 Å². The van der Waals surface area contributed by atoms with Gasteiger partial charge in [-0.3, -0.25) is 9.59 Å². The van der Waals surface area contributed by atoms with Gasteiger partial charge in [-0.1, -0.05) is 79.1 Å². The molecule has 8 nitrogen and oxygen atoms in total. The SMILES string of the molecule is CCC[C@@H](NC(=O)OCC1c2ccccc2-c2ccccc21)C(=O)ON1C(=O)c2ccccc2C1=O. The summed E-state index contributed by atoms with van der Waals surface area (Å²) in [7, 11) is 0. The smallest absolute Gasteiger partial charge is 0.407 e. The lowest BCUT2D eigenvalue weighted by Crippen LogP contribution is -2.45. The van der Waals surface area contributed by atoms with Crippen LogP contribution < -0.4 is 5.32 Å². The van der Waals surface area contributed by atoms with Crippen LogP contribution in [0.3, 0.4) is 0 Å². The minimum atomic E-state index is -1.09. The van der Waals surface area contributed by atoms with E-state index in [1.165, 1.54) is 12.1 Å². The van der Waals surface area contributed by atoms with Crippen LogP contribution in [-0.2, 0) is 14.4 Å². The summed E-state index contributed by atoms with van der Waals surface area (Å²) in [6.07, 6.45) is 0.00667. The standard InChI is InChI=1S/C28H24N2O6/c1-2-9-24(27(33)36-30-25(31)21-14-7-8-15-22(21)26(30)32)29-28(34)35-16-23-19-12-5-3-10-17(19)18-11-4-6-13-20(18)23/h3-8,10-15,23-24H,2,9,16H2,1H3,(H,29,34)/t24-/m1/s1. The molecule has 0 unspecified atom stereocenters. The molecule has 0 bridgehead atoms. The summed E-state index contributed by atoms with van der Waals surface area (Å²) >= 11 is 0. The van der Waals surface area contributed by atoms with Crippen LogP contribution in [0.5, 0.6) is 0 Å². The Balaban J connectivity index is 1.24. The van der Waals surface area contributed by atoms with Crippen LogP contribution in [-0.4, -0.2) is 41.6 Å². The van der Waals surface area contributed by atoms with Crippen LogP contribution >= 0.6 is 0 Å². The lowest BCUT2D eigenvalue weighted by molar-refractivity contribution is -0.171.